The molecule has 10 heteroatoms. The predicted octanol–water partition coefficient (Wildman–Crippen LogP) is 4.32. The summed E-state index contributed by atoms with van der Waals surface area (Å²) in [4.78, 5) is 16.7. The van der Waals surface area contributed by atoms with Gasteiger partial charge in [0.2, 0.25) is 5.82 Å². The van der Waals surface area contributed by atoms with E-state index in [0.717, 1.165) is 5.39 Å². The minimum Gasteiger partial charge on any atom is -0.497 e. The molecule has 0 aliphatic rings. The van der Waals surface area contributed by atoms with Crippen LogP contribution in [0.15, 0.2) is 97.5 Å². The Hall–Kier alpha value is -4.44. The maximum absolute atomic E-state index is 12.6. The minimum atomic E-state index is -3.77. The number of aromatic nitrogens is 2. The molecule has 0 atom stereocenters. The second-order valence-electron chi connectivity index (χ2n) is 7.27. The second kappa shape index (κ2) is 8.49. The third-order valence-electron chi connectivity index (χ3n) is 5.06. The van der Waals surface area contributed by atoms with Crippen LogP contribution < -0.4 is 15.1 Å². The summed E-state index contributed by atoms with van der Waals surface area (Å²) in [5, 5.41) is 4.66. The standard InChI is InChI=1S/C24H17N3O6S/c1-31-18-10-12-19(13-11-18)34(29,30)27-17-8-6-15(7-9-17)22-25-23(33-26-22)20-14-16-4-2-3-5-21(16)32-24(20)28/h2-14,27H,1H3. The molecule has 0 radical (unpaired) electrons. The van der Waals surface area contributed by atoms with Gasteiger partial charge in [-0.3, -0.25) is 4.72 Å². The number of benzene rings is 3. The molecule has 0 saturated carbocycles. The maximum Gasteiger partial charge on any atom is 0.349 e. The van der Waals surface area contributed by atoms with E-state index in [9.17, 15) is 13.2 Å². The van der Waals surface area contributed by atoms with Crippen LogP contribution >= 0.6 is 0 Å². The van der Waals surface area contributed by atoms with Crippen molar-refractivity contribution in [1.82, 2.24) is 10.1 Å². The van der Waals surface area contributed by atoms with Crippen LogP contribution in [0.5, 0.6) is 5.75 Å². The predicted molar refractivity (Wildman–Crippen MR) is 125 cm³/mol. The van der Waals surface area contributed by atoms with Crippen LogP contribution in [-0.4, -0.2) is 25.7 Å². The van der Waals surface area contributed by atoms with Crippen LogP contribution in [0.25, 0.3) is 33.8 Å². The summed E-state index contributed by atoms with van der Waals surface area (Å²) in [7, 11) is -2.26. The SMILES string of the molecule is COc1ccc(S(=O)(=O)Nc2ccc(-c3noc(-c4cc5ccccc5oc4=O)n3)cc2)cc1. The van der Waals surface area contributed by atoms with Gasteiger partial charge in [0.25, 0.3) is 15.9 Å². The van der Waals surface area contributed by atoms with Gasteiger partial charge in [-0.1, -0.05) is 23.4 Å². The van der Waals surface area contributed by atoms with Crippen molar-refractivity contribution in [2.75, 3.05) is 11.8 Å². The summed E-state index contributed by atoms with van der Waals surface area (Å²) in [5.74, 6) is 0.829. The Morgan fingerprint density at radius 3 is 2.41 bits per heavy atom. The van der Waals surface area contributed by atoms with Crippen LogP contribution in [0, 0.1) is 0 Å². The first-order valence-electron chi connectivity index (χ1n) is 10.1. The van der Waals surface area contributed by atoms with Crippen LogP contribution in [0.1, 0.15) is 0 Å². The van der Waals surface area contributed by atoms with Crippen molar-refractivity contribution in [3.8, 4) is 28.6 Å². The molecule has 1 N–H and O–H groups in total. The zero-order chi connectivity index (χ0) is 23.7. The van der Waals surface area contributed by atoms with E-state index in [1.54, 1.807) is 54.6 Å². The Morgan fingerprint density at radius 2 is 1.68 bits per heavy atom. The van der Waals surface area contributed by atoms with Crippen molar-refractivity contribution in [3.63, 3.8) is 0 Å². The summed E-state index contributed by atoms with van der Waals surface area (Å²) in [6.45, 7) is 0. The molecule has 0 unspecified atom stereocenters. The van der Waals surface area contributed by atoms with Crippen LogP contribution in [0.2, 0.25) is 0 Å². The van der Waals surface area contributed by atoms with Gasteiger partial charge < -0.3 is 13.7 Å². The van der Waals surface area contributed by atoms with Gasteiger partial charge in [0.05, 0.1) is 12.0 Å². The third kappa shape index (κ3) is 4.14. The lowest BCUT2D eigenvalue weighted by Gasteiger charge is -2.09. The Balaban J connectivity index is 1.37. The highest BCUT2D eigenvalue weighted by Crippen LogP contribution is 2.25. The molecule has 9 nitrogen and oxygen atoms in total. The number of anilines is 1. The summed E-state index contributed by atoms with van der Waals surface area (Å²) in [6, 6.07) is 21.2. The van der Waals surface area contributed by atoms with E-state index in [-0.39, 0.29) is 22.2 Å². The van der Waals surface area contributed by atoms with Gasteiger partial charge >= 0.3 is 5.63 Å². The lowest BCUT2D eigenvalue weighted by Crippen LogP contribution is -2.12. The number of para-hydroxylation sites is 1. The number of sulfonamides is 1. The van der Waals surface area contributed by atoms with Crippen LogP contribution in [-0.2, 0) is 10.0 Å². The van der Waals surface area contributed by atoms with Crippen LogP contribution in [0.3, 0.4) is 0 Å². The topological polar surface area (TPSA) is 125 Å². The lowest BCUT2D eigenvalue weighted by molar-refractivity contribution is 0.414. The van der Waals surface area contributed by atoms with E-state index < -0.39 is 15.6 Å². The number of hydrogen-bond acceptors (Lipinski definition) is 8. The fraction of sp³-hybridized carbons (Fsp3) is 0.0417. The summed E-state index contributed by atoms with van der Waals surface area (Å²) < 4.78 is 43.4. The number of hydrogen-bond donors (Lipinski definition) is 1. The van der Waals surface area contributed by atoms with E-state index in [1.165, 1.54) is 19.2 Å². The maximum atomic E-state index is 12.6. The number of nitrogens with zero attached hydrogens (tertiary/aromatic N) is 2. The number of methoxy groups -OCH3 is 1. The molecular formula is C24H17N3O6S. The quantitative estimate of drug-likeness (QED) is 0.360. The molecule has 34 heavy (non-hydrogen) atoms. The average Bonchev–Trinajstić information content (AvgIpc) is 3.34. The van der Waals surface area contributed by atoms with Crippen molar-refractivity contribution in [2.45, 2.75) is 4.90 Å². The molecule has 5 rings (SSSR count). The molecule has 0 aliphatic carbocycles. The molecular weight excluding hydrogens is 458 g/mol. The summed E-state index contributed by atoms with van der Waals surface area (Å²) in [5.41, 5.74) is 0.966. The van der Waals surface area contributed by atoms with Gasteiger partial charge in [-0.2, -0.15) is 4.98 Å². The molecule has 5 aromatic rings. The van der Waals surface area contributed by atoms with Gasteiger partial charge in [-0.05, 0) is 60.7 Å². The van der Waals surface area contributed by atoms with E-state index >= 15 is 0 Å². The Bertz CT molecular complexity index is 1640. The normalized spacial score (nSPS) is 11.4. The van der Waals surface area contributed by atoms with E-state index in [4.69, 9.17) is 13.7 Å². The van der Waals surface area contributed by atoms with Gasteiger partial charge in [-0.15, -0.1) is 0 Å². The van der Waals surface area contributed by atoms with E-state index in [1.807, 2.05) is 12.1 Å². The average molecular weight is 475 g/mol. The van der Waals surface area contributed by atoms with Gasteiger partial charge in [0.15, 0.2) is 0 Å². The molecule has 2 aromatic heterocycles. The third-order valence-corrected chi connectivity index (χ3v) is 6.46. The number of ether oxygens (including phenoxy) is 1. The number of rotatable bonds is 6. The molecule has 0 spiro atoms. The largest absolute Gasteiger partial charge is 0.497 e. The smallest absolute Gasteiger partial charge is 0.349 e. The molecule has 0 saturated heterocycles. The second-order valence-corrected chi connectivity index (χ2v) is 8.95. The highest BCUT2D eigenvalue weighted by molar-refractivity contribution is 7.92. The minimum absolute atomic E-state index is 0.0267. The van der Waals surface area contributed by atoms with Crippen molar-refractivity contribution in [3.05, 3.63) is 89.3 Å². The number of fused-ring (bicyclic) bond motifs is 1. The first-order valence-corrected chi connectivity index (χ1v) is 11.6. The van der Waals surface area contributed by atoms with Crippen molar-refractivity contribution >= 4 is 26.7 Å². The highest BCUT2D eigenvalue weighted by atomic mass is 32.2. The fourth-order valence-electron chi connectivity index (χ4n) is 3.32. The molecule has 0 bridgehead atoms. The molecule has 3 aromatic carbocycles. The lowest BCUT2D eigenvalue weighted by atomic mass is 10.2. The van der Waals surface area contributed by atoms with Gasteiger partial charge in [-0.25, -0.2) is 13.2 Å². The van der Waals surface area contributed by atoms with Gasteiger partial charge in [0.1, 0.15) is 16.9 Å². The van der Waals surface area contributed by atoms with Crippen molar-refractivity contribution in [2.24, 2.45) is 0 Å². The number of nitrogens with one attached hydrogen (secondary N) is 1. The zero-order valence-electron chi connectivity index (χ0n) is 17.8. The molecule has 0 fully saturated rings. The van der Waals surface area contributed by atoms with Crippen LogP contribution in [0.4, 0.5) is 5.69 Å². The zero-order valence-corrected chi connectivity index (χ0v) is 18.6. The molecule has 2 heterocycles. The van der Waals surface area contributed by atoms with Gasteiger partial charge in [0, 0.05) is 16.6 Å². The van der Waals surface area contributed by atoms with Crippen molar-refractivity contribution < 1.29 is 22.1 Å². The molecule has 170 valence electrons. The summed E-state index contributed by atoms with van der Waals surface area (Å²) in [6.07, 6.45) is 0. The summed E-state index contributed by atoms with van der Waals surface area (Å²) >= 11 is 0. The molecule has 0 aliphatic heterocycles. The van der Waals surface area contributed by atoms with E-state index in [0.29, 0.717) is 22.6 Å². The highest BCUT2D eigenvalue weighted by Gasteiger charge is 2.17. The fourth-order valence-corrected chi connectivity index (χ4v) is 4.38. The first kappa shape index (κ1) is 21.4. The van der Waals surface area contributed by atoms with E-state index in [2.05, 4.69) is 14.9 Å². The first-order chi connectivity index (χ1) is 16.4. The Morgan fingerprint density at radius 1 is 0.941 bits per heavy atom. The monoisotopic (exact) mass is 475 g/mol. The Labute approximate surface area is 193 Å². The van der Waals surface area contributed by atoms with Crippen molar-refractivity contribution in [1.29, 1.82) is 0 Å². The molecule has 0 amide bonds. The Kier molecular flexibility index (Phi) is 5.34.